The molecule has 1 aliphatic rings. The predicted molar refractivity (Wildman–Crippen MR) is 99.7 cm³/mol. The van der Waals surface area contributed by atoms with Gasteiger partial charge >= 0.3 is 5.97 Å². The van der Waals surface area contributed by atoms with E-state index in [0.717, 1.165) is 28.2 Å². The quantitative estimate of drug-likeness (QED) is 0.623. The van der Waals surface area contributed by atoms with Crippen molar-refractivity contribution >= 4 is 23.3 Å². The monoisotopic (exact) mass is 369 g/mol. The van der Waals surface area contributed by atoms with Gasteiger partial charge in [0, 0.05) is 36.8 Å². The van der Waals surface area contributed by atoms with E-state index >= 15 is 0 Å². The number of carbonyl (C=O) groups excluding carboxylic acids is 3. The van der Waals surface area contributed by atoms with Crippen molar-refractivity contribution in [3.63, 3.8) is 0 Å². The summed E-state index contributed by atoms with van der Waals surface area (Å²) in [7, 11) is 1.87. The van der Waals surface area contributed by atoms with E-state index in [-0.39, 0.29) is 24.7 Å². The van der Waals surface area contributed by atoms with Crippen LogP contribution in [0.4, 0.5) is 5.69 Å². The lowest BCUT2D eigenvalue weighted by Crippen LogP contribution is -2.20. The topological polar surface area (TPSA) is 90.3 Å². The summed E-state index contributed by atoms with van der Waals surface area (Å²) in [6.07, 6.45) is 1.76. The second-order valence-corrected chi connectivity index (χ2v) is 6.78. The number of aryl methyl sites for hydroxylation is 3. The second-order valence-electron chi connectivity index (χ2n) is 6.78. The largest absolute Gasteiger partial charge is 0.457 e. The minimum atomic E-state index is -0.406. The number of Topliss-reactive ketones (excluding diaryl/α,β-unsaturated/α-hetero) is 1. The standard InChI is InChI=1S/C20H23N3O4/c1-12-16(13(2)23(3)22-12)6-9-20(26)27-11-18(24)15-4-7-17-14(10-15)5-8-19(25)21-17/h4,7,10H,5-6,8-9,11H2,1-3H3,(H,21,25). The van der Waals surface area contributed by atoms with Gasteiger partial charge in [-0.2, -0.15) is 5.10 Å². The van der Waals surface area contributed by atoms with E-state index in [2.05, 4.69) is 10.4 Å². The second kappa shape index (κ2) is 7.73. The summed E-state index contributed by atoms with van der Waals surface area (Å²) < 4.78 is 6.93. The van der Waals surface area contributed by atoms with Gasteiger partial charge in [-0.25, -0.2) is 0 Å². The van der Waals surface area contributed by atoms with Crippen molar-refractivity contribution in [1.29, 1.82) is 0 Å². The first-order valence-corrected chi connectivity index (χ1v) is 8.96. The van der Waals surface area contributed by atoms with Crippen LogP contribution in [0.15, 0.2) is 18.2 Å². The first kappa shape index (κ1) is 18.8. The third kappa shape index (κ3) is 4.24. The summed E-state index contributed by atoms with van der Waals surface area (Å²) in [5.74, 6) is -0.678. The number of esters is 1. The van der Waals surface area contributed by atoms with Gasteiger partial charge in [0.15, 0.2) is 12.4 Å². The van der Waals surface area contributed by atoms with Crippen LogP contribution in [0, 0.1) is 13.8 Å². The van der Waals surface area contributed by atoms with Crippen molar-refractivity contribution in [2.75, 3.05) is 11.9 Å². The Morgan fingerprint density at radius 1 is 1.26 bits per heavy atom. The number of rotatable bonds is 6. The highest BCUT2D eigenvalue weighted by Crippen LogP contribution is 2.23. The molecule has 142 valence electrons. The summed E-state index contributed by atoms with van der Waals surface area (Å²) in [6, 6.07) is 5.12. The number of amides is 1. The summed E-state index contributed by atoms with van der Waals surface area (Å²) in [4.78, 5) is 35.7. The van der Waals surface area contributed by atoms with E-state index in [9.17, 15) is 14.4 Å². The third-order valence-electron chi connectivity index (χ3n) is 4.92. The number of benzene rings is 1. The van der Waals surface area contributed by atoms with Crippen LogP contribution in [0.2, 0.25) is 0 Å². The van der Waals surface area contributed by atoms with Gasteiger partial charge in [-0.1, -0.05) is 0 Å². The lowest BCUT2D eigenvalue weighted by atomic mass is 9.99. The van der Waals surface area contributed by atoms with Gasteiger partial charge in [-0.05, 0) is 56.0 Å². The molecule has 0 spiro atoms. The maximum absolute atomic E-state index is 12.3. The summed E-state index contributed by atoms with van der Waals surface area (Å²) in [6.45, 7) is 3.59. The molecule has 7 heteroatoms. The summed E-state index contributed by atoms with van der Waals surface area (Å²) >= 11 is 0. The number of hydrogen-bond acceptors (Lipinski definition) is 5. The van der Waals surface area contributed by atoms with E-state index in [4.69, 9.17) is 4.74 Å². The molecule has 1 aromatic heterocycles. The van der Waals surface area contributed by atoms with E-state index in [0.29, 0.717) is 24.8 Å². The number of carbonyl (C=O) groups is 3. The minimum absolute atomic E-state index is 0.0189. The Morgan fingerprint density at radius 2 is 2.04 bits per heavy atom. The van der Waals surface area contributed by atoms with Gasteiger partial charge in [0.25, 0.3) is 0 Å². The van der Waals surface area contributed by atoms with E-state index in [1.807, 2.05) is 20.9 Å². The first-order chi connectivity index (χ1) is 12.8. The van der Waals surface area contributed by atoms with E-state index in [1.54, 1.807) is 22.9 Å². The maximum Gasteiger partial charge on any atom is 0.306 e. The summed E-state index contributed by atoms with van der Waals surface area (Å²) in [5.41, 5.74) is 5.11. The molecule has 3 rings (SSSR count). The zero-order valence-electron chi connectivity index (χ0n) is 15.8. The molecule has 0 bridgehead atoms. The zero-order chi connectivity index (χ0) is 19.6. The molecule has 0 saturated heterocycles. The molecule has 1 aromatic carbocycles. The Kier molecular flexibility index (Phi) is 5.39. The number of ether oxygens (including phenoxy) is 1. The number of anilines is 1. The first-order valence-electron chi connectivity index (χ1n) is 8.96. The molecule has 1 aliphatic heterocycles. The van der Waals surface area contributed by atoms with Gasteiger partial charge in [0.05, 0.1) is 5.69 Å². The SMILES string of the molecule is Cc1nn(C)c(C)c1CCC(=O)OCC(=O)c1ccc2c(c1)CCC(=O)N2. The highest BCUT2D eigenvalue weighted by molar-refractivity contribution is 6.00. The van der Waals surface area contributed by atoms with E-state index < -0.39 is 5.97 Å². The fraction of sp³-hybridized carbons (Fsp3) is 0.400. The Labute approximate surface area is 157 Å². The third-order valence-corrected chi connectivity index (χ3v) is 4.92. The van der Waals surface area contributed by atoms with Crippen LogP contribution in [-0.2, 0) is 34.2 Å². The van der Waals surface area contributed by atoms with Crippen LogP contribution in [-0.4, -0.2) is 34.0 Å². The van der Waals surface area contributed by atoms with Crippen molar-refractivity contribution < 1.29 is 19.1 Å². The van der Waals surface area contributed by atoms with Crippen LogP contribution in [0.25, 0.3) is 0 Å². The molecule has 2 aromatic rings. The molecule has 2 heterocycles. The van der Waals surface area contributed by atoms with Gasteiger partial charge in [-0.15, -0.1) is 0 Å². The fourth-order valence-corrected chi connectivity index (χ4v) is 3.26. The molecule has 1 amide bonds. The molecule has 27 heavy (non-hydrogen) atoms. The molecule has 0 atom stereocenters. The molecule has 0 fully saturated rings. The van der Waals surface area contributed by atoms with Crippen LogP contribution in [0.5, 0.6) is 0 Å². The number of hydrogen-bond donors (Lipinski definition) is 1. The molecule has 0 unspecified atom stereocenters. The van der Waals surface area contributed by atoms with Crippen molar-refractivity contribution in [3.8, 4) is 0 Å². The number of nitrogens with zero attached hydrogens (tertiary/aromatic N) is 2. The van der Waals surface area contributed by atoms with Gasteiger partial charge in [0.2, 0.25) is 5.91 Å². The molecule has 0 saturated carbocycles. The van der Waals surface area contributed by atoms with Gasteiger partial charge < -0.3 is 10.1 Å². The number of aromatic nitrogens is 2. The smallest absolute Gasteiger partial charge is 0.306 e. The van der Waals surface area contributed by atoms with Crippen LogP contribution >= 0.6 is 0 Å². The molecule has 1 N–H and O–H groups in total. The fourth-order valence-electron chi connectivity index (χ4n) is 3.26. The van der Waals surface area contributed by atoms with Crippen LogP contribution in [0.3, 0.4) is 0 Å². The maximum atomic E-state index is 12.3. The Hall–Kier alpha value is -2.96. The lowest BCUT2D eigenvalue weighted by molar-refractivity contribution is -0.142. The Morgan fingerprint density at radius 3 is 2.74 bits per heavy atom. The summed E-state index contributed by atoms with van der Waals surface area (Å²) in [5, 5.41) is 7.10. The number of ketones is 1. The van der Waals surface area contributed by atoms with Gasteiger partial charge in [0.1, 0.15) is 0 Å². The van der Waals surface area contributed by atoms with Crippen LogP contribution in [0.1, 0.15) is 45.7 Å². The molecular formula is C20H23N3O4. The normalized spacial score (nSPS) is 13.1. The molecule has 0 radical (unpaired) electrons. The molecule has 0 aliphatic carbocycles. The predicted octanol–water partition coefficient (Wildman–Crippen LogP) is 2.28. The number of fused-ring (bicyclic) bond motifs is 1. The van der Waals surface area contributed by atoms with Crippen molar-refractivity contribution in [2.45, 2.75) is 39.5 Å². The Bertz CT molecular complexity index is 914. The highest BCUT2D eigenvalue weighted by Gasteiger charge is 2.18. The van der Waals surface area contributed by atoms with E-state index in [1.165, 1.54) is 0 Å². The van der Waals surface area contributed by atoms with Crippen molar-refractivity contribution in [2.24, 2.45) is 7.05 Å². The van der Waals surface area contributed by atoms with Gasteiger partial charge in [-0.3, -0.25) is 19.1 Å². The molecule has 7 nitrogen and oxygen atoms in total. The average molecular weight is 369 g/mol. The minimum Gasteiger partial charge on any atom is -0.457 e. The number of nitrogens with one attached hydrogen (secondary N) is 1. The van der Waals surface area contributed by atoms with Crippen LogP contribution < -0.4 is 5.32 Å². The lowest BCUT2D eigenvalue weighted by Gasteiger charge is -2.17. The average Bonchev–Trinajstić information content (AvgIpc) is 2.89. The highest BCUT2D eigenvalue weighted by atomic mass is 16.5. The zero-order valence-corrected chi connectivity index (χ0v) is 15.8. The Balaban J connectivity index is 1.53. The molecular weight excluding hydrogens is 346 g/mol. The van der Waals surface area contributed by atoms with Crippen molar-refractivity contribution in [3.05, 3.63) is 46.3 Å². The van der Waals surface area contributed by atoms with Crippen molar-refractivity contribution in [1.82, 2.24) is 9.78 Å².